The van der Waals surface area contributed by atoms with E-state index in [4.69, 9.17) is 14.2 Å². The third-order valence-electron chi connectivity index (χ3n) is 4.14. The molecule has 0 fully saturated rings. The Labute approximate surface area is 172 Å². The largest absolute Gasteiger partial charge is 0.497 e. The van der Waals surface area contributed by atoms with Gasteiger partial charge < -0.3 is 14.2 Å². The SMILES string of the molecule is COc1ccc(N=Cc2ccc(OC(=O)c3ccc(OC)cc3)c([N+](=O)[O-])c2)cc1. The Balaban J connectivity index is 1.79. The van der Waals surface area contributed by atoms with E-state index >= 15 is 0 Å². The van der Waals surface area contributed by atoms with Crippen LogP contribution in [0.3, 0.4) is 0 Å². The number of benzene rings is 3. The van der Waals surface area contributed by atoms with Gasteiger partial charge in [0.2, 0.25) is 5.75 Å². The van der Waals surface area contributed by atoms with Crippen molar-refractivity contribution >= 4 is 23.6 Å². The van der Waals surface area contributed by atoms with Gasteiger partial charge in [-0.3, -0.25) is 15.1 Å². The van der Waals surface area contributed by atoms with Crippen molar-refractivity contribution < 1.29 is 23.9 Å². The van der Waals surface area contributed by atoms with E-state index in [1.165, 1.54) is 37.6 Å². The highest BCUT2D eigenvalue weighted by molar-refractivity contribution is 5.92. The molecule has 8 heteroatoms. The van der Waals surface area contributed by atoms with Crippen molar-refractivity contribution in [1.82, 2.24) is 0 Å². The minimum absolute atomic E-state index is 0.151. The highest BCUT2D eigenvalue weighted by Gasteiger charge is 2.19. The summed E-state index contributed by atoms with van der Waals surface area (Å²) in [6, 6.07) is 17.5. The van der Waals surface area contributed by atoms with Gasteiger partial charge in [0.1, 0.15) is 11.5 Å². The molecule has 0 aromatic heterocycles. The van der Waals surface area contributed by atoms with Crippen LogP contribution in [0.4, 0.5) is 11.4 Å². The zero-order valence-corrected chi connectivity index (χ0v) is 16.3. The van der Waals surface area contributed by atoms with Crippen molar-refractivity contribution in [3.8, 4) is 17.2 Å². The van der Waals surface area contributed by atoms with E-state index in [1.807, 2.05) is 0 Å². The molecule has 0 saturated carbocycles. The van der Waals surface area contributed by atoms with E-state index in [2.05, 4.69) is 4.99 Å². The molecule has 0 amide bonds. The zero-order valence-electron chi connectivity index (χ0n) is 16.3. The second-order valence-electron chi connectivity index (χ2n) is 6.06. The lowest BCUT2D eigenvalue weighted by Crippen LogP contribution is -2.10. The second kappa shape index (κ2) is 9.33. The lowest BCUT2D eigenvalue weighted by Gasteiger charge is -2.06. The van der Waals surface area contributed by atoms with E-state index in [0.29, 0.717) is 22.7 Å². The molecule has 0 heterocycles. The van der Waals surface area contributed by atoms with Gasteiger partial charge in [-0.25, -0.2) is 4.79 Å². The molecule has 3 aromatic rings. The Morgan fingerprint density at radius 3 is 2.10 bits per heavy atom. The number of hydrogen-bond acceptors (Lipinski definition) is 7. The molecule has 0 radical (unpaired) electrons. The monoisotopic (exact) mass is 406 g/mol. The molecular weight excluding hydrogens is 388 g/mol. The Hall–Kier alpha value is -4.20. The van der Waals surface area contributed by atoms with Gasteiger partial charge in [-0.1, -0.05) is 0 Å². The molecule has 152 valence electrons. The Morgan fingerprint density at radius 1 is 0.933 bits per heavy atom. The van der Waals surface area contributed by atoms with Crippen LogP contribution >= 0.6 is 0 Å². The number of rotatable bonds is 7. The summed E-state index contributed by atoms with van der Waals surface area (Å²) in [5.74, 6) is 0.425. The number of aliphatic imine (C=N–C) groups is 1. The standard InChI is InChI=1S/C22H18N2O6/c1-28-18-8-4-16(5-9-18)22(25)30-21-12-3-15(13-20(21)24(26)27)14-23-17-6-10-19(29-2)11-7-17/h3-14H,1-2H3. The molecule has 3 rings (SSSR count). The molecule has 3 aromatic carbocycles. The average Bonchev–Trinajstić information content (AvgIpc) is 2.78. The molecule has 8 nitrogen and oxygen atoms in total. The maximum atomic E-state index is 12.3. The highest BCUT2D eigenvalue weighted by Crippen LogP contribution is 2.29. The zero-order chi connectivity index (χ0) is 21.5. The Bertz CT molecular complexity index is 1080. The number of methoxy groups -OCH3 is 2. The number of nitrogens with zero attached hydrogens (tertiary/aromatic N) is 2. The van der Waals surface area contributed by atoms with E-state index in [-0.39, 0.29) is 17.0 Å². The molecule has 0 aliphatic rings. The maximum absolute atomic E-state index is 12.3. The van der Waals surface area contributed by atoms with Gasteiger partial charge in [0.15, 0.2) is 0 Å². The number of hydrogen-bond donors (Lipinski definition) is 0. The van der Waals surface area contributed by atoms with Crippen LogP contribution in [-0.2, 0) is 0 Å². The van der Waals surface area contributed by atoms with Gasteiger partial charge in [-0.15, -0.1) is 0 Å². The van der Waals surface area contributed by atoms with Crippen LogP contribution in [0, 0.1) is 10.1 Å². The highest BCUT2D eigenvalue weighted by atomic mass is 16.6. The lowest BCUT2D eigenvalue weighted by molar-refractivity contribution is -0.385. The number of nitro benzene ring substituents is 1. The lowest BCUT2D eigenvalue weighted by atomic mass is 10.2. The minimum Gasteiger partial charge on any atom is -0.497 e. The summed E-state index contributed by atoms with van der Waals surface area (Å²) in [6.45, 7) is 0. The van der Waals surface area contributed by atoms with E-state index in [0.717, 1.165) is 0 Å². The summed E-state index contributed by atoms with van der Waals surface area (Å²) in [4.78, 5) is 27.4. The predicted molar refractivity (Wildman–Crippen MR) is 111 cm³/mol. The fourth-order valence-electron chi connectivity index (χ4n) is 2.55. The van der Waals surface area contributed by atoms with Gasteiger partial charge in [0.05, 0.1) is 30.4 Å². The van der Waals surface area contributed by atoms with Crippen LogP contribution < -0.4 is 14.2 Å². The molecule has 0 unspecified atom stereocenters. The molecule has 0 saturated heterocycles. The van der Waals surface area contributed by atoms with Gasteiger partial charge in [-0.2, -0.15) is 0 Å². The molecule has 0 atom stereocenters. The van der Waals surface area contributed by atoms with E-state index in [9.17, 15) is 14.9 Å². The van der Waals surface area contributed by atoms with Crippen LogP contribution in [0.5, 0.6) is 17.2 Å². The van der Waals surface area contributed by atoms with Crippen molar-refractivity contribution in [3.05, 3.63) is 88.0 Å². The summed E-state index contributed by atoms with van der Waals surface area (Å²) < 4.78 is 15.4. The molecule has 0 bridgehead atoms. The van der Waals surface area contributed by atoms with E-state index < -0.39 is 10.9 Å². The first-order valence-corrected chi connectivity index (χ1v) is 8.83. The summed E-state index contributed by atoms with van der Waals surface area (Å²) in [5.41, 5.74) is 1.06. The van der Waals surface area contributed by atoms with Crippen molar-refractivity contribution in [2.24, 2.45) is 4.99 Å². The smallest absolute Gasteiger partial charge is 0.343 e. The fraction of sp³-hybridized carbons (Fsp3) is 0.0909. The quantitative estimate of drug-likeness (QED) is 0.187. The third-order valence-corrected chi connectivity index (χ3v) is 4.14. The predicted octanol–water partition coefficient (Wildman–Crippen LogP) is 4.58. The average molecular weight is 406 g/mol. The minimum atomic E-state index is -0.708. The van der Waals surface area contributed by atoms with Crippen molar-refractivity contribution in [1.29, 1.82) is 0 Å². The second-order valence-corrected chi connectivity index (χ2v) is 6.06. The molecule has 0 N–H and O–H groups in total. The van der Waals surface area contributed by atoms with Crippen molar-refractivity contribution in [2.45, 2.75) is 0 Å². The topological polar surface area (TPSA) is 100 Å². The maximum Gasteiger partial charge on any atom is 0.343 e. The van der Waals surface area contributed by atoms with Crippen molar-refractivity contribution in [2.75, 3.05) is 14.2 Å². The molecule has 0 aliphatic heterocycles. The number of carbonyl (C=O) groups is 1. The van der Waals surface area contributed by atoms with E-state index in [1.54, 1.807) is 49.6 Å². The Morgan fingerprint density at radius 2 is 1.53 bits per heavy atom. The summed E-state index contributed by atoms with van der Waals surface area (Å²) >= 11 is 0. The van der Waals surface area contributed by atoms with Crippen molar-refractivity contribution in [3.63, 3.8) is 0 Å². The first kappa shape index (κ1) is 20.5. The van der Waals surface area contributed by atoms with Gasteiger partial charge in [0, 0.05) is 12.3 Å². The first-order chi connectivity index (χ1) is 14.5. The molecule has 0 spiro atoms. The summed E-state index contributed by atoms with van der Waals surface area (Å²) in [5, 5.41) is 11.5. The van der Waals surface area contributed by atoms with Crippen LogP contribution in [0.2, 0.25) is 0 Å². The first-order valence-electron chi connectivity index (χ1n) is 8.83. The van der Waals surface area contributed by atoms with Gasteiger partial charge >= 0.3 is 11.7 Å². The number of carbonyl (C=O) groups excluding carboxylic acids is 1. The number of ether oxygens (including phenoxy) is 3. The number of nitro groups is 1. The van der Waals surface area contributed by atoms with Crippen LogP contribution in [-0.4, -0.2) is 31.3 Å². The normalized spacial score (nSPS) is 10.6. The molecule has 30 heavy (non-hydrogen) atoms. The van der Waals surface area contributed by atoms with Gasteiger partial charge in [0.25, 0.3) is 0 Å². The summed E-state index contributed by atoms with van der Waals surface area (Å²) in [7, 11) is 3.08. The third kappa shape index (κ3) is 4.99. The van der Waals surface area contributed by atoms with Crippen LogP contribution in [0.1, 0.15) is 15.9 Å². The van der Waals surface area contributed by atoms with Crippen LogP contribution in [0.15, 0.2) is 71.7 Å². The number of esters is 1. The van der Waals surface area contributed by atoms with Crippen LogP contribution in [0.25, 0.3) is 0 Å². The Kier molecular flexibility index (Phi) is 6.39. The van der Waals surface area contributed by atoms with Gasteiger partial charge in [-0.05, 0) is 66.2 Å². The fourth-order valence-corrected chi connectivity index (χ4v) is 2.55. The summed E-state index contributed by atoms with van der Waals surface area (Å²) in [6.07, 6.45) is 1.49. The molecule has 0 aliphatic carbocycles. The molecular formula is C22H18N2O6.